The van der Waals surface area contributed by atoms with Gasteiger partial charge in [-0.1, -0.05) is 11.8 Å². The third-order valence-electron chi connectivity index (χ3n) is 2.91. The summed E-state index contributed by atoms with van der Waals surface area (Å²) in [6.45, 7) is 6.15. The van der Waals surface area contributed by atoms with Crippen LogP contribution in [-0.4, -0.2) is 16.5 Å². The van der Waals surface area contributed by atoms with Crippen LogP contribution in [-0.2, 0) is 0 Å². The summed E-state index contributed by atoms with van der Waals surface area (Å²) in [4.78, 5) is 14.6. The van der Waals surface area contributed by atoms with Gasteiger partial charge < -0.3 is 4.74 Å². The van der Waals surface area contributed by atoms with Crippen LogP contribution in [0, 0.1) is 10.1 Å². The van der Waals surface area contributed by atoms with E-state index >= 15 is 0 Å². The van der Waals surface area contributed by atoms with Crippen LogP contribution in [0.15, 0.2) is 45.3 Å². The van der Waals surface area contributed by atoms with Crippen molar-refractivity contribution in [2.45, 2.75) is 25.1 Å². The van der Waals surface area contributed by atoms with Crippen molar-refractivity contribution in [2.24, 2.45) is 0 Å². The van der Waals surface area contributed by atoms with Crippen molar-refractivity contribution in [2.75, 3.05) is 6.61 Å². The standard InChI is InChI=1S/C15H16N2O3S2/c1-4-20-12-5-6-14-13(7-12)16-15(22-14)21-9-11(3)10(2)8-17(18)19/h5-9H,4H2,1-3H3. The first-order chi connectivity index (χ1) is 10.5. The van der Waals surface area contributed by atoms with Gasteiger partial charge in [0.05, 0.1) is 21.7 Å². The minimum absolute atomic E-state index is 0.440. The fourth-order valence-corrected chi connectivity index (χ4v) is 3.58. The minimum atomic E-state index is -0.440. The Labute approximate surface area is 136 Å². The lowest BCUT2D eigenvalue weighted by molar-refractivity contribution is -0.403. The van der Waals surface area contributed by atoms with Crippen molar-refractivity contribution in [1.29, 1.82) is 0 Å². The number of nitrogens with zero attached hydrogens (tertiary/aromatic N) is 2. The molecule has 1 aromatic heterocycles. The fourth-order valence-electron chi connectivity index (χ4n) is 1.68. The van der Waals surface area contributed by atoms with Gasteiger partial charge in [0, 0.05) is 11.6 Å². The third kappa shape index (κ3) is 4.32. The summed E-state index contributed by atoms with van der Waals surface area (Å²) >= 11 is 3.06. The predicted octanol–water partition coefficient (Wildman–Crippen LogP) is 4.87. The first-order valence-electron chi connectivity index (χ1n) is 6.68. The quantitative estimate of drug-likeness (QED) is 0.326. The molecule has 0 aliphatic carbocycles. The number of nitro groups is 1. The molecule has 0 unspecified atom stereocenters. The van der Waals surface area contributed by atoms with Crippen LogP contribution in [0.25, 0.3) is 10.2 Å². The second-order valence-electron chi connectivity index (χ2n) is 4.56. The van der Waals surface area contributed by atoms with Crippen LogP contribution in [0.3, 0.4) is 0 Å². The highest BCUT2D eigenvalue weighted by atomic mass is 32.2. The van der Waals surface area contributed by atoms with Crippen molar-refractivity contribution in [1.82, 2.24) is 4.98 Å². The zero-order valence-corrected chi connectivity index (χ0v) is 14.2. The molecule has 1 heterocycles. The number of hydrogen-bond donors (Lipinski definition) is 0. The van der Waals surface area contributed by atoms with Crippen molar-refractivity contribution in [3.05, 3.63) is 51.1 Å². The van der Waals surface area contributed by atoms with Crippen LogP contribution in [0.5, 0.6) is 5.75 Å². The molecular formula is C15H16N2O3S2. The van der Waals surface area contributed by atoms with Gasteiger partial charge in [-0.05, 0) is 43.9 Å². The molecule has 0 aliphatic rings. The van der Waals surface area contributed by atoms with E-state index in [2.05, 4.69) is 4.98 Å². The maximum atomic E-state index is 10.5. The first-order valence-corrected chi connectivity index (χ1v) is 8.38. The summed E-state index contributed by atoms with van der Waals surface area (Å²) < 4.78 is 7.46. The topological polar surface area (TPSA) is 65.3 Å². The highest BCUT2D eigenvalue weighted by Crippen LogP contribution is 2.33. The largest absolute Gasteiger partial charge is 0.494 e. The van der Waals surface area contributed by atoms with Gasteiger partial charge in [0.2, 0.25) is 6.20 Å². The van der Waals surface area contributed by atoms with Gasteiger partial charge in [0.15, 0.2) is 4.34 Å². The lowest BCUT2D eigenvalue weighted by Crippen LogP contribution is -1.90. The van der Waals surface area contributed by atoms with Crippen LogP contribution in [0.4, 0.5) is 0 Å². The van der Waals surface area contributed by atoms with Crippen LogP contribution >= 0.6 is 23.1 Å². The molecule has 5 nitrogen and oxygen atoms in total. The molecule has 22 heavy (non-hydrogen) atoms. The Morgan fingerprint density at radius 2 is 2.23 bits per heavy atom. The molecular weight excluding hydrogens is 320 g/mol. The Morgan fingerprint density at radius 1 is 1.45 bits per heavy atom. The second kappa shape index (κ2) is 7.42. The maximum Gasteiger partial charge on any atom is 0.237 e. The van der Waals surface area contributed by atoms with Crippen LogP contribution < -0.4 is 4.74 Å². The molecule has 0 fully saturated rings. The number of thiazole rings is 1. The van der Waals surface area contributed by atoms with Crippen molar-refractivity contribution >= 4 is 33.3 Å². The predicted molar refractivity (Wildman–Crippen MR) is 91.2 cm³/mol. The van der Waals surface area contributed by atoms with E-state index in [0.29, 0.717) is 12.2 Å². The number of aromatic nitrogens is 1. The Hall–Kier alpha value is -1.86. The van der Waals surface area contributed by atoms with E-state index in [1.165, 1.54) is 11.8 Å². The summed E-state index contributed by atoms with van der Waals surface area (Å²) in [6, 6.07) is 5.86. The molecule has 2 aromatic rings. The maximum absolute atomic E-state index is 10.5. The zero-order chi connectivity index (χ0) is 16.1. The van der Waals surface area contributed by atoms with Gasteiger partial charge in [-0.25, -0.2) is 4.98 Å². The van der Waals surface area contributed by atoms with E-state index in [4.69, 9.17) is 4.74 Å². The molecule has 0 radical (unpaired) electrons. The number of benzene rings is 1. The SMILES string of the molecule is CCOc1ccc2sc(SC=C(C)C(C)=C[N+](=O)[O-])nc2c1. The van der Waals surface area contributed by atoms with Crippen LogP contribution in [0.1, 0.15) is 20.8 Å². The van der Waals surface area contributed by atoms with E-state index in [1.54, 1.807) is 18.3 Å². The molecule has 0 aliphatic heterocycles. The summed E-state index contributed by atoms with van der Waals surface area (Å²) in [5.41, 5.74) is 2.40. The second-order valence-corrected chi connectivity index (χ2v) is 6.71. The molecule has 1 aromatic carbocycles. The van der Waals surface area contributed by atoms with Crippen LogP contribution in [0.2, 0.25) is 0 Å². The average molecular weight is 336 g/mol. The number of ether oxygens (including phenoxy) is 1. The molecule has 116 valence electrons. The Morgan fingerprint density at radius 3 is 2.91 bits per heavy atom. The minimum Gasteiger partial charge on any atom is -0.494 e. The normalized spacial score (nSPS) is 12.7. The summed E-state index contributed by atoms with van der Waals surface area (Å²) in [7, 11) is 0. The van der Waals surface area contributed by atoms with Gasteiger partial charge in [-0.15, -0.1) is 11.3 Å². The number of thioether (sulfide) groups is 1. The summed E-state index contributed by atoms with van der Waals surface area (Å²) in [5, 5.41) is 12.3. The van der Waals surface area contributed by atoms with Gasteiger partial charge in [-0.3, -0.25) is 10.1 Å². The van der Waals surface area contributed by atoms with Gasteiger partial charge in [0.25, 0.3) is 0 Å². The molecule has 2 rings (SSSR count). The van der Waals surface area contributed by atoms with Gasteiger partial charge in [0.1, 0.15) is 5.75 Å². The molecule has 0 N–H and O–H groups in total. The van der Waals surface area contributed by atoms with Crippen molar-refractivity contribution in [3.8, 4) is 5.75 Å². The number of fused-ring (bicyclic) bond motifs is 1. The molecule has 0 saturated carbocycles. The smallest absolute Gasteiger partial charge is 0.237 e. The zero-order valence-electron chi connectivity index (χ0n) is 12.5. The lowest BCUT2D eigenvalue weighted by Gasteiger charge is -2.00. The molecule has 0 spiro atoms. The van der Waals surface area contributed by atoms with E-state index < -0.39 is 4.92 Å². The molecule has 0 saturated heterocycles. The molecule has 0 atom stereocenters. The molecule has 0 amide bonds. The van der Waals surface area contributed by atoms with Crippen molar-refractivity contribution in [3.63, 3.8) is 0 Å². The Balaban J connectivity index is 2.16. The van der Waals surface area contributed by atoms with Gasteiger partial charge >= 0.3 is 0 Å². The van der Waals surface area contributed by atoms with E-state index in [1.807, 2.05) is 37.5 Å². The van der Waals surface area contributed by atoms with E-state index in [-0.39, 0.29) is 0 Å². The highest BCUT2D eigenvalue weighted by Gasteiger charge is 2.06. The Kier molecular flexibility index (Phi) is 5.57. The van der Waals surface area contributed by atoms with Gasteiger partial charge in [-0.2, -0.15) is 0 Å². The first kappa shape index (κ1) is 16.5. The lowest BCUT2D eigenvalue weighted by atomic mass is 10.2. The molecule has 7 heteroatoms. The number of hydrogen-bond acceptors (Lipinski definition) is 6. The van der Waals surface area contributed by atoms with Crippen molar-refractivity contribution < 1.29 is 9.66 Å². The fraction of sp³-hybridized carbons (Fsp3) is 0.267. The Bertz CT molecular complexity index is 750. The third-order valence-corrected chi connectivity index (χ3v) is 5.04. The van der Waals surface area contributed by atoms with E-state index in [0.717, 1.165) is 32.1 Å². The summed E-state index contributed by atoms with van der Waals surface area (Å²) in [6.07, 6.45) is 1.01. The number of rotatable bonds is 6. The monoisotopic (exact) mass is 336 g/mol. The number of allylic oxidation sites excluding steroid dienone is 2. The molecule has 0 bridgehead atoms. The summed E-state index contributed by atoms with van der Waals surface area (Å²) in [5.74, 6) is 0.813. The van der Waals surface area contributed by atoms with E-state index in [9.17, 15) is 10.1 Å². The average Bonchev–Trinajstić information content (AvgIpc) is 2.86. The highest BCUT2D eigenvalue weighted by molar-refractivity contribution is 8.03.